The van der Waals surface area contributed by atoms with Crippen LogP contribution in [0.25, 0.3) is 0 Å². The van der Waals surface area contributed by atoms with Gasteiger partial charge in [0.15, 0.2) is 0 Å². The van der Waals surface area contributed by atoms with Gasteiger partial charge in [0.1, 0.15) is 6.04 Å². The number of ether oxygens (including phenoxy) is 2. The van der Waals surface area contributed by atoms with E-state index in [1.54, 1.807) is 0 Å². The summed E-state index contributed by atoms with van der Waals surface area (Å²) in [6.07, 6.45) is 0.118. The molecule has 19 heavy (non-hydrogen) atoms. The van der Waals surface area contributed by atoms with Crippen molar-refractivity contribution in [2.45, 2.75) is 39.3 Å². The summed E-state index contributed by atoms with van der Waals surface area (Å²) in [7, 11) is 3.21. The predicted octanol–water partition coefficient (Wildman–Crippen LogP) is 1.00. The van der Waals surface area contributed by atoms with E-state index in [0.29, 0.717) is 19.6 Å². The van der Waals surface area contributed by atoms with E-state index >= 15 is 0 Å². The van der Waals surface area contributed by atoms with E-state index in [4.69, 9.17) is 9.47 Å². The topological polar surface area (TPSA) is 67.9 Å². The molecule has 0 unspecified atom stereocenters. The van der Waals surface area contributed by atoms with E-state index < -0.39 is 6.09 Å². The summed E-state index contributed by atoms with van der Waals surface area (Å²) in [6, 6.07) is -0.375. The largest absolute Gasteiger partial charge is 0.468 e. The second-order valence-electron chi connectivity index (χ2n) is 6.19. The van der Waals surface area contributed by atoms with Crippen LogP contribution in [0.3, 0.4) is 0 Å². The first-order chi connectivity index (χ1) is 8.73. The van der Waals surface area contributed by atoms with Crippen molar-refractivity contribution in [3.8, 4) is 0 Å². The molecule has 1 aliphatic heterocycles. The molecule has 2 atom stereocenters. The van der Waals surface area contributed by atoms with Crippen LogP contribution in [0.5, 0.6) is 0 Å². The molecule has 1 saturated heterocycles. The zero-order valence-corrected chi connectivity index (χ0v) is 12.4. The molecule has 0 aromatic carbocycles. The summed E-state index contributed by atoms with van der Waals surface area (Å²) in [6.45, 7) is 6.97. The van der Waals surface area contributed by atoms with E-state index in [2.05, 4.69) is 5.32 Å². The zero-order valence-electron chi connectivity index (χ0n) is 12.4. The number of likely N-dealkylation sites (N-methyl/N-ethyl adjacent to an activating group) is 1. The molecule has 1 fully saturated rings. The molecule has 1 aliphatic rings. The highest BCUT2D eigenvalue weighted by molar-refractivity contribution is 5.76. The molecule has 1 rings (SSSR count). The maximum absolute atomic E-state index is 11.6. The minimum atomic E-state index is -0.432. The van der Waals surface area contributed by atoms with Crippen molar-refractivity contribution in [3.63, 3.8) is 0 Å². The first kappa shape index (κ1) is 15.8. The van der Waals surface area contributed by atoms with Crippen LogP contribution < -0.4 is 5.32 Å². The van der Waals surface area contributed by atoms with E-state index in [-0.39, 0.29) is 23.5 Å². The van der Waals surface area contributed by atoms with Crippen LogP contribution in [0.1, 0.15) is 27.2 Å². The molecule has 0 aliphatic carbocycles. The Morgan fingerprint density at radius 3 is 2.53 bits per heavy atom. The zero-order chi connectivity index (χ0) is 14.6. The Morgan fingerprint density at radius 1 is 1.37 bits per heavy atom. The summed E-state index contributed by atoms with van der Waals surface area (Å²) in [5, 5.41) is 2.78. The van der Waals surface area contributed by atoms with Crippen molar-refractivity contribution in [1.82, 2.24) is 10.2 Å². The normalized spacial score (nSPS) is 24.1. The SMILES string of the molecule is COC(=O)[C@@H]1C[C@H](NC(=O)OCC(C)(C)C)CN1C. The summed E-state index contributed by atoms with van der Waals surface area (Å²) < 4.78 is 9.87. The van der Waals surface area contributed by atoms with Crippen molar-refractivity contribution in [2.24, 2.45) is 5.41 Å². The Kier molecular flexibility index (Phi) is 5.17. The molecule has 0 bridgehead atoms. The van der Waals surface area contributed by atoms with E-state index in [1.165, 1.54) is 7.11 Å². The Bertz CT molecular complexity index is 338. The molecular formula is C13H24N2O4. The molecule has 0 aromatic heterocycles. The van der Waals surface area contributed by atoms with Gasteiger partial charge < -0.3 is 14.8 Å². The Morgan fingerprint density at radius 2 is 2.00 bits per heavy atom. The Balaban J connectivity index is 2.39. The van der Waals surface area contributed by atoms with Crippen LogP contribution in [0.15, 0.2) is 0 Å². The van der Waals surface area contributed by atoms with E-state index in [0.717, 1.165) is 0 Å². The third-order valence-electron chi connectivity index (χ3n) is 2.98. The number of likely N-dealkylation sites (tertiary alicyclic amines) is 1. The number of rotatable bonds is 3. The average Bonchev–Trinajstić information content (AvgIpc) is 2.65. The van der Waals surface area contributed by atoms with Gasteiger partial charge in [-0.05, 0) is 18.9 Å². The lowest BCUT2D eigenvalue weighted by Gasteiger charge is -2.19. The summed E-state index contributed by atoms with van der Waals surface area (Å²) >= 11 is 0. The standard InChI is InChI=1S/C13H24N2O4/c1-13(2,3)8-19-12(17)14-9-6-10(11(16)18-5)15(4)7-9/h9-10H,6-8H2,1-5H3,(H,14,17)/t9-,10-/m0/s1. The van der Waals surface area contributed by atoms with Gasteiger partial charge in [0.05, 0.1) is 13.7 Å². The maximum atomic E-state index is 11.6. The lowest BCUT2D eigenvalue weighted by Crippen LogP contribution is -2.38. The fourth-order valence-electron chi connectivity index (χ4n) is 2.01. The minimum Gasteiger partial charge on any atom is -0.468 e. The van der Waals surface area contributed by atoms with Gasteiger partial charge >= 0.3 is 12.1 Å². The van der Waals surface area contributed by atoms with Crippen LogP contribution in [-0.2, 0) is 14.3 Å². The number of hydrogen-bond acceptors (Lipinski definition) is 5. The fourth-order valence-corrected chi connectivity index (χ4v) is 2.01. The molecule has 6 nitrogen and oxygen atoms in total. The summed E-state index contributed by atoms with van der Waals surface area (Å²) in [4.78, 5) is 25.0. The predicted molar refractivity (Wildman–Crippen MR) is 70.8 cm³/mol. The molecule has 6 heteroatoms. The first-order valence-electron chi connectivity index (χ1n) is 6.44. The number of carbonyl (C=O) groups excluding carboxylic acids is 2. The lowest BCUT2D eigenvalue weighted by molar-refractivity contribution is -0.145. The highest BCUT2D eigenvalue weighted by atomic mass is 16.5. The highest BCUT2D eigenvalue weighted by Gasteiger charge is 2.36. The van der Waals surface area contributed by atoms with Gasteiger partial charge in [-0.2, -0.15) is 0 Å². The third kappa shape index (κ3) is 5.06. The number of alkyl carbamates (subject to hydrolysis) is 1. The molecular weight excluding hydrogens is 248 g/mol. The molecule has 0 radical (unpaired) electrons. The minimum absolute atomic E-state index is 0.0572. The Hall–Kier alpha value is -1.30. The van der Waals surface area contributed by atoms with Gasteiger partial charge in [0.25, 0.3) is 0 Å². The second kappa shape index (κ2) is 6.23. The monoisotopic (exact) mass is 272 g/mol. The smallest absolute Gasteiger partial charge is 0.407 e. The molecule has 110 valence electrons. The molecule has 1 N–H and O–H groups in total. The number of amides is 1. The molecule has 1 heterocycles. The van der Waals surface area contributed by atoms with Crippen molar-refractivity contribution < 1.29 is 19.1 Å². The van der Waals surface area contributed by atoms with Gasteiger partial charge in [-0.25, -0.2) is 4.79 Å². The van der Waals surface area contributed by atoms with Crippen LogP contribution in [0.2, 0.25) is 0 Å². The summed E-state index contributed by atoms with van der Waals surface area (Å²) in [5.74, 6) is -0.269. The molecule has 0 aromatic rings. The van der Waals surface area contributed by atoms with Crippen LogP contribution >= 0.6 is 0 Å². The van der Waals surface area contributed by atoms with Crippen molar-refractivity contribution in [3.05, 3.63) is 0 Å². The van der Waals surface area contributed by atoms with E-state index in [9.17, 15) is 9.59 Å². The van der Waals surface area contributed by atoms with Gasteiger partial charge in [-0.1, -0.05) is 20.8 Å². The second-order valence-corrected chi connectivity index (χ2v) is 6.19. The van der Waals surface area contributed by atoms with Crippen molar-refractivity contribution >= 4 is 12.1 Å². The maximum Gasteiger partial charge on any atom is 0.407 e. The van der Waals surface area contributed by atoms with Gasteiger partial charge in [0.2, 0.25) is 0 Å². The third-order valence-corrected chi connectivity index (χ3v) is 2.98. The summed E-state index contributed by atoms with van der Waals surface area (Å²) in [5.41, 5.74) is -0.0572. The quantitative estimate of drug-likeness (QED) is 0.776. The van der Waals surface area contributed by atoms with Gasteiger partial charge in [-0.3, -0.25) is 9.69 Å². The van der Waals surface area contributed by atoms with Crippen molar-refractivity contribution in [1.29, 1.82) is 0 Å². The van der Waals surface area contributed by atoms with Crippen LogP contribution in [0.4, 0.5) is 4.79 Å². The lowest BCUT2D eigenvalue weighted by atomic mass is 9.99. The molecule has 0 saturated carbocycles. The van der Waals surface area contributed by atoms with Gasteiger partial charge in [-0.15, -0.1) is 0 Å². The first-order valence-corrected chi connectivity index (χ1v) is 6.44. The Labute approximate surface area is 114 Å². The van der Waals surface area contributed by atoms with Crippen LogP contribution in [-0.4, -0.2) is 56.4 Å². The molecule has 1 amide bonds. The number of methoxy groups -OCH3 is 1. The number of esters is 1. The van der Waals surface area contributed by atoms with Crippen molar-refractivity contribution in [2.75, 3.05) is 27.3 Å². The average molecular weight is 272 g/mol. The number of nitrogens with zero attached hydrogens (tertiary/aromatic N) is 1. The number of nitrogens with one attached hydrogen (secondary N) is 1. The molecule has 0 spiro atoms. The van der Waals surface area contributed by atoms with E-state index in [1.807, 2.05) is 32.7 Å². The fraction of sp³-hybridized carbons (Fsp3) is 0.846. The van der Waals surface area contributed by atoms with Crippen LogP contribution in [0, 0.1) is 5.41 Å². The highest BCUT2D eigenvalue weighted by Crippen LogP contribution is 2.17. The van der Waals surface area contributed by atoms with Gasteiger partial charge in [0, 0.05) is 12.6 Å². The number of hydrogen-bond donors (Lipinski definition) is 1. The number of carbonyl (C=O) groups is 2.